The Kier molecular flexibility index (Phi) is 5.92. The van der Waals surface area contributed by atoms with E-state index in [0.717, 1.165) is 0 Å². The van der Waals surface area contributed by atoms with E-state index in [9.17, 15) is 13.2 Å². The number of halogens is 1. The van der Waals surface area contributed by atoms with Crippen LogP contribution in [-0.2, 0) is 10.0 Å². The van der Waals surface area contributed by atoms with Crippen LogP contribution < -0.4 is 16.2 Å². The Hall–Kier alpha value is -0.960. The highest BCUT2D eigenvalue weighted by Gasteiger charge is 2.31. The van der Waals surface area contributed by atoms with Crippen LogP contribution in [0.4, 0.5) is 0 Å². The summed E-state index contributed by atoms with van der Waals surface area (Å²) in [6.07, 6.45) is 1.13. The molecule has 0 aliphatic heterocycles. The van der Waals surface area contributed by atoms with Crippen molar-refractivity contribution in [3.8, 4) is 0 Å². The highest BCUT2D eigenvalue weighted by Crippen LogP contribution is 2.23. The first-order valence-electron chi connectivity index (χ1n) is 6.54. The molecular weight excluding hydrogens is 358 g/mol. The summed E-state index contributed by atoms with van der Waals surface area (Å²) in [5.74, 6) is -0.691. The summed E-state index contributed by atoms with van der Waals surface area (Å²) in [6.45, 7) is 3.93. The van der Waals surface area contributed by atoms with Gasteiger partial charge in [-0.2, -0.15) is 0 Å². The molecule has 0 unspecified atom stereocenters. The van der Waals surface area contributed by atoms with Crippen molar-refractivity contribution in [3.05, 3.63) is 28.2 Å². The van der Waals surface area contributed by atoms with E-state index < -0.39 is 21.5 Å². The zero-order valence-corrected chi connectivity index (χ0v) is 14.4. The predicted octanol–water partition coefficient (Wildman–Crippen LogP) is 1.34. The minimum atomic E-state index is -3.80. The molecule has 6 nitrogen and oxygen atoms in total. The number of primary amides is 1. The summed E-state index contributed by atoms with van der Waals surface area (Å²) in [5, 5.41) is 0. The summed E-state index contributed by atoms with van der Waals surface area (Å²) in [4.78, 5) is 11.2. The fourth-order valence-corrected chi connectivity index (χ4v) is 4.20. The van der Waals surface area contributed by atoms with Gasteiger partial charge in [0.05, 0.1) is 4.90 Å². The van der Waals surface area contributed by atoms with E-state index in [1.54, 1.807) is 0 Å². The van der Waals surface area contributed by atoms with Gasteiger partial charge in [0.1, 0.15) is 0 Å². The standard InChI is InChI=1S/C13H20BrN3O3S/c1-3-13(4-2,8-15)17-21(19,20)11-6-9(12(16)18)5-10(14)7-11/h5-7,17H,3-4,8,15H2,1-2H3,(H2,16,18). The topological polar surface area (TPSA) is 115 Å². The van der Waals surface area contributed by atoms with E-state index >= 15 is 0 Å². The number of benzene rings is 1. The van der Waals surface area contributed by atoms with E-state index in [-0.39, 0.29) is 17.0 Å². The summed E-state index contributed by atoms with van der Waals surface area (Å²) >= 11 is 3.18. The lowest BCUT2D eigenvalue weighted by atomic mass is 9.95. The van der Waals surface area contributed by atoms with Crippen LogP contribution in [-0.4, -0.2) is 26.4 Å². The van der Waals surface area contributed by atoms with Crippen molar-refractivity contribution < 1.29 is 13.2 Å². The minimum Gasteiger partial charge on any atom is -0.366 e. The summed E-state index contributed by atoms with van der Waals surface area (Å²) in [7, 11) is -3.80. The number of hydrogen-bond donors (Lipinski definition) is 3. The van der Waals surface area contributed by atoms with E-state index in [2.05, 4.69) is 20.7 Å². The molecule has 0 atom stereocenters. The molecule has 0 heterocycles. The van der Waals surface area contributed by atoms with Crippen LogP contribution in [0, 0.1) is 0 Å². The lowest BCUT2D eigenvalue weighted by molar-refractivity contribution is 0.1000. The lowest BCUT2D eigenvalue weighted by Gasteiger charge is -2.31. The number of hydrogen-bond acceptors (Lipinski definition) is 4. The molecule has 5 N–H and O–H groups in total. The normalized spacial score (nSPS) is 12.4. The Bertz CT molecular complexity index is 619. The van der Waals surface area contributed by atoms with Crippen molar-refractivity contribution in [1.29, 1.82) is 0 Å². The molecule has 0 saturated heterocycles. The number of rotatable bonds is 7. The maximum absolute atomic E-state index is 12.5. The van der Waals surface area contributed by atoms with Crippen LogP contribution in [0.2, 0.25) is 0 Å². The van der Waals surface area contributed by atoms with E-state index in [0.29, 0.717) is 17.3 Å². The van der Waals surface area contributed by atoms with Crippen LogP contribution in [0.25, 0.3) is 0 Å². The molecule has 0 aromatic heterocycles. The summed E-state index contributed by atoms with van der Waals surface area (Å²) in [6, 6.07) is 4.14. The predicted molar refractivity (Wildman–Crippen MR) is 85.3 cm³/mol. The number of nitrogens with one attached hydrogen (secondary N) is 1. The van der Waals surface area contributed by atoms with Crippen molar-refractivity contribution in [2.75, 3.05) is 6.54 Å². The molecule has 1 amide bonds. The molecular formula is C13H20BrN3O3S. The maximum Gasteiger partial charge on any atom is 0.248 e. The highest BCUT2D eigenvalue weighted by molar-refractivity contribution is 9.10. The van der Waals surface area contributed by atoms with Crippen molar-refractivity contribution >= 4 is 31.9 Å². The van der Waals surface area contributed by atoms with Crippen LogP contribution in [0.3, 0.4) is 0 Å². The van der Waals surface area contributed by atoms with E-state index in [1.807, 2.05) is 13.8 Å². The molecule has 0 aliphatic rings. The first-order chi connectivity index (χ1) is 9.69. The molecule has 8 heteroatoms. The number of sulfonamides is 1. The molecule has 0 radical (unpaired) electrons. The van der Waals surface area contributed by atoms with Crippen LogP contribution in [0.1, 0.15) is 37.0 Å². The maximum atomic E-state index is 12.5. The van der Waals surface area contributed by atoms with Gasteiger partial charge in [-0.25, -0.2) is 13.1 Å². The molecule has 0 aliphatic carbocycles. The molecule has 0 fully saturated rings. The van der Waals surface area contributed by atoms with Gasteiger partial charge in [0, 0.05) is 22.1 Å². The Morgan fingerprint density at radius 2 is 1.86 bits per heavy atom. The fourth-order valence-electron chi connectivity index (χ4n) is 1.93. The van der Waals surface area contributed by atoms with Crippen molar-refractivity contribution in [1.82, 2.24) is 4.72 Å². The molecule has 1 rings (SSSR count). The smallest absolute Gasteiger partial charge is 0.248 e. The van der Waals surface area contributed by atoms with Crippen LogP contribution >= 0.6 is 15.9 Å². The second-order valence-corrected chi connectivity index (χ2v) is 7.43. The second kappa shape index (κ2) is 6.87. The van der Waals surface area contributed by atoms with Gasteiger partial charge in [0.2, 0.25) is 15.9 Å². The van der Waals surface area contributed by atoms with Crippen molar-refractivity contribution in [2.45, 2.75) is 37.1 Å². The van der Waals surface area contributed by atoms with Crippen LogP contribution in [0.15, 0.2) is 27.6 Å². The first-order valence-corrected chi connectivity index (χ1v) is 8.81. The van der Waals surface area contributed by atoms with Gasteiger partial charge in [-0.05, 0) is 31.0 Å². The van der Waals surface area contributed by atoms with Crippen LogP contribution in [0.5, 0.6) is 0 Å². The third kappa shape index (κ3) is 4.26. The molecule has 21 heavy (non-hydrogen) atoms. The van der Waals surface area contributed by atoms with E-state index in [4.69, 9.17) is 11.5 Å². The summed E-state index contributed by atoms with van der Waals surface area (Å²) < 4.78 is 28.1. The third-order valence-electron chi connectivity index (χ3n) is 3.56. The molecule has 0 saturated carbocycles. The fraction of sp³-hybridized carbons (Fsp3) is 0.462. The van der Waals surface area contributed by atoms with Gasteiger partial charge in [0.15, 0.2) is 0 Å². The van der Waals surface area contributed by atoms with Gasteiger partial charge in [-0.3, -0.25) is 4.79 Å². The quantitative estimate of drug-likeness (QED) is 0.664. The average Bonchev–Trinajstić information content (AvgIpc) is 2.44. The van der Waals surface area contributed by atoms with Gasteiger partial charge < -0.3 is 11.5 Å². The number of nitrogens with two attached hydrogens (primary N) is 2. The Balaban J connectivity index is 3.28. The number of carbonyl (C=O) groups is 1. The van der Waals surface area contributed by atoms with Gasteiger partial charge in [0.25, 0.3) is 0 Å². The van der Waals surface area contributed by atoms with Gasteiger partial charge in [-0.15, -0.1) is 0 Å². The molecule has 1 aromatic rings. The SMILES string of the molecule is CCC(CC)(CN)NS(=O)(=O)c1cc(Br)cc(C(N)=O)c1. The zero-order valence-electron chi connectivity index (χ0n) is 12.0. The first kappa shape index (κ1) is 18.1. The molecule has 0 bridgehead atoms. The highest BCUT2D eigenvalue weighted by atomic mass is 79.9. The minimum absolute atomic E-state index is 0.0228. The van der Waals surface area contributed by atoms with Crippen molar-refractivity contribution in [2.24, 2.45) is 11.5 Å². The molecule has 1 aromatic carbocycles. The third-order valence-corrected chi connectivity index (χ3v) is 5.58. The Morgan fingerprint density at radius 3 is 2.29 bits per heavy atom. The monoisotopic (exact) mass is 377 g/mol. The number of amides is 1. The zero-order chi connectivity index (χ0) is 16.3. The Morgan fingerprint density at radius 1 is 1.29 bits per heavy atom. The van der Waals surface area contributed by atoms with E-state index in [1.165, 1.54) is 18.2 Å². The van der Waals surface area contributed by atoms with Crippen molar-refractivity contribution in [3.63, 3.8) is 0 Å². The number of carbonyl (C=O) groups excluding carboxylic acids is 1. The molecule has 0 spiro atoms. The average molecular weight is 378 g/mol. The molecule has 118 valence electrons. The largest absolute Gasteiger partial charge is 0.366 e. The van der Waals surface area contributed by atoms with Gasteiger partial charge in [-0.1, -0.05) is 29.8 Å². The summed E-state index contributed by atoms with van der Waals surface area (Å²) in [5.41, 5.74) is 10.3. The van der Waals surface area contributed by atoms with Gasteiger partial charge >= 0.3 is 0 Å². The second-order valence-electron chi connectivity index (χ2n) is 4.84. The lowest BCUT2D eigenvalue weighted by Crippen LogP contribution is -2.52. The Labute approximate surface area is 133 Å².